The summed E-state index contributed by atoms with van der Waals surface area (Å²) in [5, 5.41) is 12.2. The SMILES string of the molecule is CN(Cc1ccc(Cl)cc1)c1cc2nc[nH]c(=O)c2cc1[N+](=O)[O-]. The molecule has 7 nitrogen and oxygen atoms in total. The zero-order valence-corrected chi connectivity index (χ0v) is 13.4. The summed E-state index contributed by atoms with van der Waals surface area (Å²) in [4.78, 5) is 31.0. The van der Waals surface area contributed by atoms with Crippen LogP contribution >= 0.6 is 11.6 Å². The first-order chi connectivity index (χ1) is 11.5. The van der Waals surface area contributed by atoms with Crippen molar-refractivity contribution in [3.05, 3.63) is 73.8 Å². The molecule has 0 atom stereocenters. The largest absolute Gasteiger partial charge is 0.365 e. The van der Waals surface area contributed by atoms with Gasteiger partial charge in [0.05, 0.1) is 22.2 Å². The molecule has 8 heteroatoms. The number of nitrogens with one attached hydrogen (secondary N) is 1. The van der Waals surface area contributed by atoms with Gasteiger partial charge in [-0.25, -0.2) is 4.98 Å². The Morgan fingerprint density at radius 2 is 2.00 bits per heavy atom. The highest BCUT2D eigenvalue weighted by Gasteiger charge is 2.20. The van der Waals surface area contributed by atoms with Gasteiger partial charge in [0, 0.05) is 24.7 Å². The maximum atomic E-state index is 11.8. The summed E-state index contributed by atoms with van der Waals surface area (Å²) in [5.74, 6) is 0. The van der Waals surface area contributed by atoms with Crippen LogP contribution in [0.15, 0.2) is 47.5 Å². The summed E-state index contributed by atoms with van der Waals surface area (Å²) in [6, 6.07) is 10.1. The first-order valence-electron chi connectivity index (χ1n) is 7.07. The number of nitro groups is 1. The number of aromatic amines is 1. The molecular weight excluding hydrogens is 332 g/mol. The molecule has 3 rings (SSSR count). The Balaban J connectivity index is 2.06. The molecule has 3 aromatic rings. The number of halogens is 1. The Morgan fingerprint density at radius 3 is 2.67 bits per heavy atom. The quantitative estimate of drug-likeness (QED) is 0.580. The third kappa shape index (κ3) is 3.07. The second kappa shape index (κ2) is 6.29. The number of benzene rings is 2. The molecule has 2 aromatic carbocycles. The molecule has 1 heterocycles. The fourth-order valence-corrected chi connectivity index (χ4v) is 2.62. The van der Waals surface area contributed by atoms with E-state index in [1.807, 2.05) is 12.1 Å². The fraction of sp³-hybridized carbons (Fsp3) is 0.125. The molecule has 0 fully saturated rings. The lowest BCUT2D eigenvalue weighted by atomic mass is 10.1. The van der Waals surface area contributed by atoms with E-state index in [4.69, 9.17) is 11.6 Å². The maximum absolute atomic E-state index is 11.8. The molecule has 24 heavy (non-hydrogen) atoms. The van der Waals surface area contributed by atoms with Gasteiger partial charge < -0.3 is 9.88 Å². The monoisotopic (exact) mass is 344 g/mol. The number of hydrogen-bond acceptors (Lipinski definition) is 5. The summed E-state index contributed by atoms with van der Waals surface area (Å²) in [6.07, 6.45) is 1.28. The van der Waals surface area contributed by atoms with E-state index in [0.717, 1.165) is 5.56 Å². The number of aromatic nitrogens is 2. The average Bonchev–Trinajstić information content (AvgIpc) is 2.56. The number of fused-ring (bicyclic) bond motifs is 1. The number of nitro benzene ring substituents is 1. The van der Waals surface area contributed by atoms with Crippen LogP contribution in [0, 0.1) is 10.1 Å². The Kier molecular flexibility index (Phi) is 4.18. The fourth-order valence-electron chi connectivity index (χ4n) is 2.49. The molecule has 0 aliphatic rings. The van der Waals surface area contributed by atoms with E-state index in [9.17, 15) is 14.9 Å². The number of anilines is 1. The molecule has 0 saturated carbocycles. The topological polar surface area (TPSA) is 92.1 Å². The van der Waals surface area contributed by atoms with Crippen LogP contribution in [0.4, 0.5) is 11.4 Å². The molecule has 1 aromatic heterocycles. The second-order valence-electron chi connectivity index (χ2n) is 5.33. The van der Waals surface area contributed by atoms with Gasteiger partial charge in [0.2, 0.25) is 0 Å². The highest BCUT2D eigenvalue weighted by Crippen LogP contribution is 2.31. The Bertz CT molecular complexity index is 969. The molecule has 122 valence electrons. The minimum absolute atomic E-state index is 0.141. The van der Waals surface area contributed by atoms with E-state index in [1.165, 1.54) is 12.4 Å². The summed E-state index contributed by atoms with van der Waals surface area (Å²) in [7, 11) is 1.75. The van der Waals surface area contributed by atoms with Crippen molar-refractivity contribution in [2.24, 2.45) is 0 Å². The molecule has 0 spiro atoms. The molecule has 0 bridgehead atoms. The van der Waals surface area contributed by atoms with E-state index < -0.39 is 10.5 Å². The van der Waals surface area contributed by atoms with Crippen molar-refractivity contribution in [3.63, 3.8) is 0 Å². The van der Waals surface area contributed by atoms with Crippen molar-refractivity contribution in [1.82, 2.24) is 9.97 Å². The average molecular weight is 345 g/mol. The Morgan fingerprint density at radius 1 is 1.29 bits per heavy atom. The van der Waals surface area contributed by atoms with Crippen LogP contribution in [0.2, 0.25) is 5.02 Å². The lowest BCUT2D eigenvalue weighted by Gasteiger charge is -2.19. The third-order valence-electron chi connectivity index (χ3n) is 3.68. The smallest absolute Gasteiger partial charge is 0.293 e. The van der Waals surface area contributed by atoms with Crippen LogP contribution in [0.5, 0.6) is 0 Å². The molecule has 0 amide bonds. The van der Waals surface area contributed by atoms with Gasteiger partial charge in [0.15, 0.2) is 0 Å². The van der Waals surface area contributed by atoms with Crippen LogP contribution in [0.25, 0.3) is 10.9 Å². The normalized spacial score (nSPS) is 10.8. The van der Waals surface area contributed by atoms with Gasteiger partial charge >= 0.3 is 0 Å². The van der Waals surface area contributed by atoms with Gasteiger partial charge in [-0.1, -0.05) is 23.7 Å². The second-order valence-corrected chi connectivity index (χ2v) is 5.77. The Hall–Kier alpha value is -2.93. The molecule has 1 N–H and O–H groups in total. The molecule has 0 unspecified atom stereocenters. The van der Waals surface area contributed by atoms with E-state index in [1.54, 1.807) is 30.1 Å². The maximum Gasteiger partial charge on any atom is 0.293 e. The van der Waals surface area contributed by atoms with Crippen molar-refractivity contribution < 1.29 is 4.92 Å². The van der Waals surface area contributed by atoms with E-state index in [0.29, 0.717) is 22.8 Å². The van der Waals surface area contributed by atoms with Crippen LogP contribution in [-0.4, -0.2) is 21.9 Å². The lowest BCUT2D eigenvalue weighted by molar-refractivity contribution is -0.384. The van der Waals surface area contributed by atoms with Crippen LogP contribution in [-0.2, 0) is 6.54 Å². The minimum atomic E-state index is -0.500. The highest BCUT2D eigenvalue weighted by atomic mass is 35.5. The van der Waals surface area contributed by atoms with Crippen LogP contribution in [0.1, 0.15) is 5.56 Å². The van der Waals surface area contributed by atoms with Crippen LogP contribution in [0.3, 0.4) is 0 Å². The number of H-pyrrole nitrogens is 1. The van der Waals surface area contributed by atoms with E-state index >= 15 is 0 Å². The summed E-state index contributed by atoms with van der Waals surface area (Å²) in [5.41, 5.74) is 1.20. The van der Waals surface area contributed by atoms with Crippen molar-refractivity contribution in [3.8, 4) is 0 Å². The van der Waals surface area contributed by atoms with Crippen LogP contribution < -0.4 is 10.5 Å². The van der Waals surface area contributed by atoms with Crippen molar-refractivity contribution in [2.75, 3.05) is 11.9 Å². The predicted molar refractivity (Wildman–Crippen MR) is 92.6 cm³/mol. The summed E-state index contributed by atoms with van der Waals surface area (Å²) < 4.78 is 0. The predicted octanol–water partition coefficient (Wildman–Crippen LogP) is 3.12. The first kappa shape index (κ1) is 15.9. The van der Waals surface area contributed by atoms with Gasteiger partial charge in [-0.3, -0.25) is 14.9 Å². The number of rotatable bonds is 4. The minimum Gasteiger partial charge on any atom is -0.365 e. The van der Waals surface area contributed by atoms with Gasteiger partial charge in [-0.05, 0) is 23.8 Å². The molecule has 0 aliphatic heterocycles. The Labute approximate surface area is 141 Å². The van der Waals surface area contributed by atoms with Gasteiger partial charge in [-0.15, -0.1) is 0 Å². The van der Waals surface area contributed by atoms with Crippen molar-refractivity contribution >= 4 is 33.9 Å². The summed E-state index contributed by atoms with van der Waals surface area (Å²) >= 11 is 5.87. The third-order valence-corrected chi connectivity index (χ3v) is 3.93. The summed E-state index contributed by atoms with van der Waals surface area (Å²) in [6.45, 7) is 0.451. The molecule has 0 aliphatic carbocycles. The zero-order chi connectivity index (χ0) is 17.3. The first-order valence-corrected chi connectivity index (χ1v) is 7.45. The lowest BCUT2D eigenvalue weighted by Crippen LogP contribution is -2.18. The standard InChI is InChI=1S/C16H13ClN4O3/c1-20(8-10-2-4-11(17)5-3-10)14-7-13-12(6-15(14)21(23)24)16(22)19-9-18-13/h2-7,9H,8H2,1H3,(H,18,19,22). The number of nitrogens with zero attached hydrogens (tertiary/aromatic N) is 3. The molecule has 0 saturated heterocycles. The van der Waals surface area contributed by atoms with E-state index in [2.05, 4.69) is 9.97 Å². The molecular formula is C16H13ClN4O3. The highest BCUT2D eigenvalue weighted by molar-refractivity contribution is 6.30. The van der Waals surface area contributed by atoms with Gasteiger partial charge in [-0.2, -0.15) is 0 Å². The van der Waals surface area contributed by atoms with Crippen molar-refractivity contribution in [2.45, 2.75) is 6.54 Å². The van der Waals surface area contributed by atoms with Gasteiger partial charge in [0.1, 0.15) is 5.69 Å². The molecule has 0 radical (unpaired) electrons. The van der Waals surface area contributed by atoms with Gasteiger partial charge in [0.25, 0.3) is 11.2 Å². The van der Waals surface area contributed by atoms with Crippen molar-refractivity contribution in [1.29, 1.82) is 0 Å². The van der Waals surface area contributed by atoms with E-state index in [-0.39, 0.29) is 11.1 Å². The zero-order valence-electron chi connectivity index (χ0n) is 12.7. The number of hydrogen-bond donors (Lipinski definition) is 1.